The van der Waals surface area contributed by atoms with Gasteiger partial charge in [-0.25, -0.2) is 13.4 Å². The molecule has 1 saturated heterocycles. The summed E-state index contributed by atoms with van der Waals surface area (Å²) in [5.41, 5.74) is 0.864. The second-order valence-corrected chi connectivity index (χ2v) is 11.7. The zero-order valence-corrected chi connectivity index (χ0v) is 20.1. The highest BCUT2D eigenvalue weighted by atomic mass is 35.5. The summed E-state index contributed by atoms with van der Waals surface area (Å²) in [6, 6.07) is 9.44. The summed E-state index contributed by atoms with van der Waals surface area (Å²) >= 11 is 13.5. The van der Waals surface area contributed by atoms with Gasteiger partial charge in [0, 0.05) is 18.7 Å². The Hall–Kier alpha value is -1.71. The van der Waals surface area contributed by atoms with Gasteiger partial charge in [-0.15, -0.1) is 0 Å². The fourth-order valence-electron chi connectivity index (χ4n) is 3.89. The lowest BCUT2D eigenvalue weighted by molar-refractivity contribution is 0.102. The Balaban J connectivity index is 1.51. The molecule has 0 saturated carbocycles. The van der Waals surface area contributed by atoms with Crippen LogP contribution in [0.5, 0.6) is 0 Å². The van der Waals surface area contributed by atoms with Gasteiger partial charge in [0.15, 0.2) is 5.13 Å². The molecule has 3 aromatic rings. The number of carbonyl (C=O) groups is 1. The molecular formula is C21H21Cl2N3O3S2. The molecule has 1 aliphatic rings. The second-order valence-electron chi connectivity index (χ2n) is 7.97. The second kappa shape index (κ2) is 8.67. The van der Waals surface area contributed by atoms with Gasteiger partial charge in [0.05, 0.1) is 19.6 Å². The molecule has 0 aliphatic carbocycles. The molecule has 1 amide bonds. The molecule has 0 radical (unpaired) electrons. The van der Waals surface area contributed by atoms with Gasteiger partial charge in [-0.3, -0.25) is 10.1 Å². The van der Waals surface area contributed by atoms with Gasteiger partial charge in [-0.2, -0.15) is 4.31 Å². The van der Waals surface area contributed by atoms with E-state index in [4.69, 9.17) is 23.2 Å². The van der Waals surface area contributed by atoms with Gasteiger partial charge >= 0.3 is 0 Å². The van der Waals surface area contributed by atoms with Crippen LogP contribution in [-0.2, 0) is 10.0 Å². The Morgan fingerprint density at radius 1 is 1.10 bits per heavy atom. The number of carbonyl (C=O) groups excluding carboxylic acids is 1. The first kappa shape index (κ1) is 22.5. The van der Waals surface area contributed by atoms with Crippen LogP contribution in [0.15, 0.2) is 41.3 Å². The van der Waals surface area contributed by atoms with Crippen molar-refractivity contribution in [3.63, 3.8) is 0 Å². The van der Waals surface area contributed by atoms with E-state index in [2.05, 4.69) is 24.1 Å². The predicted molar refractivity (Wildman–Crippen MR) is 126 cm³/mol. The minimum Gasteiger partial charge on any atom is -0.298 e. The van der Waals surface area contributed by atoms with Gasteiger partial charge < -0.3 is 0 Å². The fraction of sp³-hybridized carbons (Fsp3) is 0.333. The average molecular weight is 498 g/mol. The van der Waals surface area contributed by atoms with E-state index in [9.17, 15) is 13.2 Å². The number of thiazole rings is 1. The lowest BCUT2D eigenvalue weighted by atomic mass is 9.94. The molecule has 2 heterocycles. The van der Waals surface area contributed by atoms with Crippen molar-refractivity contribution in [2.45, 2.75) is 25.2 Å². The number of piperidine rings is 1. The van der Waals surface area contributed by atoms with Crippen molar-refractivity contribution in [2.75, 3.05) is 18.4 Å². The quantitative estimate of drug-likeness (QED) is 0.514. The van der Waals surface area contributed by atoms with Gasteiger partial charge in [-0.1, -0.05) is 48.4 Å². The Morgan fingerprint density at radius 3 is 2.39 bits per heavy atom. The van der Waals surface area contributed by atoms with E-state index in [0.29, 0.717) is 51.2 Å². The van der Waals surface area contributed by atoms with Crippen molar-refractivity contribution in [1.82, 2.24) is 9.29 Å². The summed E-state index contributed by atoms with van der Waals surface area (Å²) in [6.45, 7) is 5.15. The SMILES string of the molecule is C[C@@H]1C[C@@H](C)CN(S(=O)(=O)c2ccc(C(=O)Nc3nc4c(Cl)c(Cl)ccc4s3)cc2)C1. The number of anilines is 1. The van der Waals surface area contributed by atoms with Crippen molar-refractivity contribution in [3.05, 3.63) is 52.0 Å². The van der Waals surface area contributed by atoms with E-state index in [1.165, 1.54) is 39.9 Å². The average Bonchev–Trinajstić information content (AvgIpc) is 3.13. The maximum absolute atomic E-state index is 13.0. The van der Waals surface area contributed by atoms with E-state index in [-0.39, 0.29) is 10.8 Å². The van der Waals surface area contributed by atoms with Crippen molar-refractivity contribution in [3.8, 4) is 0 Å². The van der Waals surface area contributed by atoms with E-state index in [0.717, 1.165) is 11.1 Å². The molecule has 6 nitrogen and oxygen atoms in total. The molecule has 164 valence electrons. The number of rotatable bonds is 4. The molecule has 0 unspecified atom stereocenters. The van der Waals surface area contributed by atoms with Crippen LogP contribution in [-0.4, -0.2) is 36.7 Å². The highest BCUT2D eigenvalue weighted by Crippen LogP contribution is 2.35. The van der Waals surface area contributed by atoms with Crippen molar-refractivity contribution in [2.24, 2.45) is 11.8 Å². The number of halogens is 2. The minimum absolute atomic E-state index is 0.187. The summed E-state index contributed by atoms with van der Waals surface area (Å²) in [5.74, 6) is 0.256. The summed E-state index contributed by atoms with van der Waals surface area (Å²) < 4.78 is 28.3. The van der Waals surface area contributed by atoms with Crippen molar-refractivity contribution < 1.29 is 13.2 Å². The van der Waals surface area contributed by atoms with Gasteiger partial charge in [-0.05, 0) is 54.7 Å². The molecular weight excluding hydrogens is 477 g/mol. The van der Waals surface area contributed by atoms with Crippen LogP contribution in [0.4, 0.5) is 5.13 Å². The Morgan fingerprint density at radius 2 is 1.74 bits per heavy atom. The van der Waals surface area contributed by atoms with E-state index < -0.39 is 10.0 Å². The summed E-state index contributed by atoms with van der Waals surface area (Å²) in [5, 5.41) is 3.86. The van der Waals surface area contributed by atoms with Gasteiger partial charge in [0.1, 0.15) is 5.52 Å². The summed E-state index contributed by atoms with van der Waals surface area (Å²) in [6.07, 6.45) is 1.02. The van der Waals surface area contributed by atoms with Crippen LogP contribution < -0.4 is 5.32 Å². The number of benzene rings is 2. The fourth-order valence-corrected chi connectivity index (χ4v) is 6.85. The largest absolute Gasteiger partial charge is 0.298 e. The molecule has 0 bridgehead atoms. The number of fused-ring (bicyclic) bond motifs is 1. The molecule has 0 spiro atoms. The lowest BCUT2D eigenvalue weighted by Gasteiger charge is -2.34. The zero-order chi connectivity index (χ0) is 22.3. The third-order valence-corrected chi connectivity index (χ3v) is 8.84. The van der Waals surface area contributed by atoms with Crippen molar-refractivity contribution >= 4 is 65.8 Å². The first-order valence-electron chi connectivity index (χ1n) is 9.81. The maximum Gasteiger partial charge on any atom is 0.257 e. The van der Waals surface area contributed by atoms with Gasteiger partial charge in [0.25, 0.3) is 5.91 Å². The van der Waals surface area contributed by atoms with E-state index >= 15 is 0 Å². The summed E-state index contributed by atoms with van der Waals surface area (Å²) in [4.78, 5) is 17.2. The molecule has 10 heteroatoms. The van der Waals surface area contributed by atoms with Crippen LogP contribution in [0.1, 0.15) is 30.6 Å². The van der Waals surface area contributed by atoms with Crippen LogP contribution >= 0.6 is 34.5 Å². The number of sulfonamides is 1. The third-order valence-electron chi connectivity index (χ3n) is 5.26. The predicted octanol–water partition coefficient (Wildman–Crippen LogP) is 5.52. The topological polar surface area (TPSA) is 79.4 Å². The normalized spacial score (nSPS) is 20.1. The van der Waals surface area contributed by atoms with Crippen LogP contribution in [0, 0.1) is 11.8 Å². The number of amides is 1. The molecule has 1 N–H and O–H groups in total. The Labute approximate surface area is 195 Å². The highest BCUT2D eigenvalue weighted by molar-refractivity contribution is 7.89. The molecule has 4 rings (SSSR count). The van der Waals surface area contributed by atoms with Crippen molar-refractivity contribution in [1.29, 1.82) is 0 Å². The standard InChI is InChI=1S/C21H21Cl2N3O3S2/c1-12-9-13(2)11-26(10-12)31(28,29)15-5-3-14(4-6-15)20(27)25-21-24-19-17(30-21)8-7-16(22)18(19)23/h3-8,12-13H,9-11H2,1-2H3,(H,24,25,27)/t12-,13-/m1/s1. The van der Waals surface area contributed by atoms with E-state index in [1.54, 1.807) is 12.1 Å². The Kier molecular flexibility index (Phi) is 6.29. The van der Waals surface area contributed by atoms with Gasteiger partial charge in [0.2, 0.25) is 10.0 Å². The molecule has 2 aromatic carbocycles. The number of nitrogens with one attached hydrogen (secondary N) is 1. The maximum atomic E-state index is 13.0. The first-order valence-corrected chi connectivity index (χ1v) is 12.8. The molecule has 1 fully saturated rings. The Bertz CT molecular complexity index is 1230. The monoisotopic (exact) mass is 497 g/mol. The smallest absolute Gasteiger partial charge is 0.257 e. The van der Waals surface area contributed by atoms with Crippen LogP contribution in [0.25, 0.3) is 10.2 Å². The van der Waals surface area contributed by atoms with E-state index in [1.807, 2.05) is 0 Å². The number of aromatic nitrogens is 1. The summed E-state index contributed by atoms with van der Waals surface area (Å²) in [7, 11) is -3.59. The lowest BCUT2D eigenvalue weighted by Crippen LogP contribution is -2.42. The first-order chi connectivity index (χ1) is 14.6. The molecule has 1 aromatic heterocycles. The third kappa shape index (κ3) is 4.59. The number of hydrogen-bond donors (Lipinski definition) is 1. The zero-order valence-electron chi connectivity index (χ0n) is 16.9. The molecule has 1 aliphatic heterocycles. The van der Waals surface area contributed by atoms with Crippen LogP contribution in [0.2, 0.25) is 10.0 Å². The number of hydrogen-bond acceptors (Lipinski definition) is 5. The highest BCUT2D eigenvalue weighted by Gasteiger charge is 2.31. The molecule has 31 heavy (non-hydrogen) atoms. The van der Waals surface area contributed by atoms with Crippen LogP contribution in [0.3, 0.4) is 0 Å². The number of nitrogens with zero attached hydrogens (tertiary/aromatic N) is 2. The molecule has 2 atom stereocenters. The minimum atomic E-state index is -3.59.